The highest BCUT2D eigenvalue weighted by atomic mass is 32.1. The first-order valence-electron chi connectivity index (χ1n) is 11.9. The number of rotatable bonds is 11. The number of H-pyrrole nitrogens is 1. The van der Waals surface area contributed by atoms with Gasteiger partial charge in [-0.3, -0.25) is 13.9 Å². The Bertz CT molecular complexity index is 1840. The lowest BCUT2D eigenvalue weighted by Gasteiger charge is -2.22. The van der Waals surface area contributed by atoms with E-state index in [9.17, 15) is 33.1 Å². The second-order valence-corrected chi connectivity index (χ2v) is 14.6. The van der Waals surface area contributed by atoms with Gasteiger partial charge in [0.25, 0.3) is 5.91 Å². The van der Waals surface area contributed by atoms with Gasteiger partial charge in [0, 0.05) is 0 Å². The average molecular weight is 734 g/mol. The Labute approximate surface area is 258 Å². The number of imidazole rings is 1. The number of nitrogens with one attached hydrogen (secondary N) is 2. The van der Waals surface area contributed by atoms with E-state index in [1.807, 2.05) is 0 Å². The first-order chi connectivity index (χ1) is 21.0. The number of carbonyl (C=O) groups excluding carboxylic acids is 2. The number of carbonyl (C=O) groups is 2. The Balaban J connectivity index is 1.39. The number of aromatic nitrogens is 4. The molecule has 2 aliphatic heterocycles. The molecule has 0 spiro atoms. The van der Waals surface area contributed by atoms with Crippen LogP contribution < -0.4 is 11.1 Å². The third-order valence-corrected chi connectivity index (χ3v) is 10.9. The summed E-state index contributed by atoms with van der Waals surface area (Å²) in [7, 11) is -15.8. The Morgan fingerprint density at radius 2 is 1.87 bits per heavy atom. The van der Waals surface area contributed by atoms with Gasteiger partial charge < -0.3 is 54.6 Å². The van der Waals surface area contributed by atoms with Crippen LogP contribution in [0.3, 0.4) is 0 Å². The molecule has 246 valence electrons. The first-order valence-corrected chi connectivity index (χ1v) is 17.7. The standard InChI is InChI=1S/C18H21N6O16P3S2/c1-34-16(26)11-6(2-3-45-11)21-13(25)17-37-9-7(4-35-42(30,31)40-43(32,33)39-41(27,28)29)36-15(10(9)38-17)24-5-20-8-12(24)22-18(19)23-14(8)44/h2-3,5,7,9-10,15,17H,4H2,1H3,(H,21,25)(H,30,31)(H,32,33)(H2,27,28,29)(H3,19,22,23,44)/t7?,9?,10?,15?,17-/m1/s1. The van der Waals surface area contributed by atoms with Crippen molar-refractivity contribution in [3.63, 3.8) is 0 Å². The lowest BCUT2D eigenvalue weighted by atomic mass is 10.1. The minimum atomic E-state index is -5.80. The van der Waals surface area contributed by atoms with Crippen LogP contribution in [-0.2, 0) is 50.6 Å². The molecule has 3 aromatic heterocycles. The summed E-state index contributed by atoms with van der Waals surface area (Å²) >= 11 is 6.19. The lowest BCUT2D eigenvalue weighted by molar-refractivity contribution is -0.166. The molecule has 1 amide bonds. The van der Waals surface area contributed by atoms with Gasteiger partial charge in [0.05, 0.1) is 25.7 Å². The SMILES string of the molecule is COC(=O)c1sccc1NC(=O)[C@@H]1OC2C(COP(=O)(O)OP(=O)(O)OP(=O)(O)O)OC(n3cnc4c(=S)nc(N)[nH]c43)C2O1. The summed E-state index contributed by atoms with van der Waals surface area (Å²) in [6, 6.07) is 1.44. The number of amides is 1. The van der Waals surface area contributed by atoms with Gasteiger partial charge in [-0.1, -0.05) is 12.2 Å². The van der Waals surface area contributed by atoms with E-state index < -0.39 is 72.8 Å². The van der Waals surface area contributed by atoms with Crippen LogP contribution in [0.5, 0.6) is 0 Å². The van der Waals surface area contributed by atoms with E-state index in [1.165, 1.54) is 22.3 Å². The predicted octanol–water partition coefficient (Wildman–Crippen LogP) is 0.909. The first kappa shape index (κ1) is 33.9. The van der Waals surface area contributed by atoms with E-state index in [1.54, 1.807) is 0 Å². The zero-order valence-corrected chi connectivity index (χ0v) is 26.4. The smallest absolute Gasteiger partial charge is 0.465 e. The second kappa shape index (κ2) is 12.6. The van der Waals surface area contributed by atoms with Gasteiger partial charge in [-0.25, -0.2) is 28.5 Å². The van der Waals surface area contributed by atoms with Gasteiger partial charge >= 0.3 is 29.4 Å². The molecule has 5 heterocycles. The van der Waals surface area contributed by atoms with Crippen molar-refractivity contribution in [1.29, 1.82) is 0 Å². The quantitative estimate of drug-likeness (QED) is 0.0817. The van der Waals surface area contributed by atoms with E-state index in [2.05, 4.69) is 28.9 Å². The average Bonchev–Trinajstić information content (AvgIpc) is 3.68. The Hall–Kier alpha value is -2.50. The maximum absolute atomic E-state index is 13.1. The topological polar surface area (TPSA) is 315 Å². The van der Waals surface area contributed by atoms with Crippen LogP contribution in [0.4, 0.5) is 11.6 Å². The number of phosphoric ester groups is 1. The molecule has 3 aromatic rings. The fraction of sp³-hybridized carbons (Fsp3) is 0.389. The van der Waals surface area contributed by atoms with Crippen molar-refractivity contribution >= 4 is 81.7 Å². The summed E-state index contributed by atoms with van der Waals surface area (Å²) in [5.74, 6) is -1.64. The van der Waals surface area contributed by atoms with Gasteiger partial charge in [-0.15, -0.1) is 11.3 Å². The number of nitrogens with two attached hydrogens (primary N) is 1. The van der Waals surface area contributed by atoms with Crippen molar-refractivity contribution in [2.45, 2.75) is 30.8 Å². The number of nitrogen functional groups attached to an aromatic ring is 1. The van der Waals surface area contributed by atoms with Crippen molar-refractivity contribution in [2.75, 3.05) is 24.8 Å². The molecule has 2 aliphatic rings. The zero-order valence-electron chi connectivity index (χ0n) is 22.1. The number of ether oxygens (including phenoxy) is 4. The molecule has 22 nitrogen and oxygen atoms in total. The molecule has 7 atom stereocenters. The number of anilines is 2. The number of methoxy groups -OCH3 is 1. The highest BCUT2D eigenvalue weighted by Crippen LogP contribution is 2.66. The van der Waals surface area contributed by atoms with E-state index in [0.717, 1.165) is 18.4 Å². The van der Waals surface area contributed by atoms with Gasteiger partial charge in [0.1, 0.15) is 34.4 Å². The molecule has 0 bridgehead atoms. The van der Waals surface area contributed by atoms with Crippen molar-refractivity contribution in [1.82, 2.24) is 19.5 Å². The highest BCUT2D eigenvalue weighted by molar-refractivity contribution is 7.71. The molecule has 27 heteroatoms. The van der Waals surface area contributed by atoms with Crippen LogP contribution in [0.25, 0.3) is 11.2 Å². The summed E-state index contributed by atoms with van der Waals surface area (Å²) in [6.45, 7) is -0.928. The monoisotopic (exact) mass is 734 g/mol. The Morgan fingerprint density at radius 1 is 1.16 bits per heavy atom. The summed E-state index contributed by atoms with van der Waals surface area (Å²) < 4.78 is 70.8. The largest absolute Gasteiger partial charge is 0.490 e. The number of aromatic amines is 1. The molecular formula is C18H21N6O16P3S2. The number of thiophene rings is 1. The van der Waals surface area contributed by atoms with Gasteiger partial charge in [-0.2, -0.15) is 8.62 Å². The minimum Gasteiger partial charge on any atom is -0.465 e. The second-order valence-electron chi connectivity index (χ2n) is 8.91. The van der Waals surface area contributed by atoms with Crippen molar-refractivity contribution in [3.05, 3.63) is 27.3 Å². The molecule has 0 aliphatic carbocycles. The molecule has 0 saturated carbocycles. The molecule has 6 unspecified atom stereocenters. The molecule has 2 fully saturated rings. The predicted molar refractivity (Wildman–Crippen MR) is 149 cm³/mol. The molecule has 45 heavy (non-hydrogen) atoms. The number of esters is 1. The number of phosphoric acid groups is 3. The lowest BCUT2D eigenvalue weighted by Crippen LogP contribution is -2.34. The molecule has 5 rings (SSSR count). The maximum atomic E-state index is 13.1. The third kappa shape index (κ3) is 7.57. The van der Waals surface area contributed by atoms with Gasteiger partial charge in [-0.05, 0) is 11.4 Å². The van der Waals surface area contributed by atoms with Crippen molar-refractivity contribution in [3.8, 4) is 0 Å². The molecule has 2 saturated heterocycles. The summed E-state index contributed by atoms with van der Waals surface area (Å²) in [4.78, 5) is 72.9. The van der Waals surface area contributed by atoms with Crippen LogP contribution in [0.2, 0.25) is 0 Å². The number of hydrogen-bond donors (Lipinski definition) is 7. The van der Waals surface area contributed by atoms with Gasteiger partial charge in [0.15, 0.2) is 16.8 Å². The molecular weight excluding hydrogens is 713 g/mol. The van der Waals surface area contributed by atoms with E-state index in [0.29, 0.717) is 0 Å². The Morgan fingerprint density at radius 3 is 2.56 bits per heavy atom. The summed E-state index contributed by atoms with van der Waals surface area (Å²) in [6.07, 6.45) is -5.33. The van der Waals surface area contributed by atoms with Gasteiger partial charge in [0.2, 0.25) is 6.29 Å². The number of nitrogens with zero attached hydrogens (tertiary/aromatic N) is 3. The molecule has 0 radical (unpaired) electrons. The normalized spacial score (nSPS) is 25.8. The van der Waals surface area contributed by atoms with Crippen molar-refractivity contribution < 1.29 is 75.0 Å². The Kier molecular flexibility index (Phi) is 9.48. The van der Waals surface area contributed by atoms with E-state index in [-0.39, 0.29) is 32.3 Å². The third-order valence-electron chi connectivity index (χ3n) is 5.91. The number of hydrogen-bond acceptors (Lipinski definition) is 17. The van der Waals surface area contributed by atoms with Crippen LogP contribution in [0.15, 0.2) is 17.8 Å². The van der Waals surface area contributed by atoms with Crippen LogP contribution >= 0.6 is 47.0 Å². The number of fused-ring (bicyclic) bond motifs is 2. The maximum Gasteiger partial charge on any atom is 0.490 e. The fourth-order valence-electron chi connectivity index (χ4n) is 4.28. The van der Waals surface area contributed by atoms with Crippen LogP contribution in [-0.4, -0.2) is 89.3 Å². The summed E-state index contributed by atoms with van der Waals surface area (Å²) in [5, 5.41) is 4.02. The zero-order chi connectivity index (χ0) is 32.9. The minimum absolute atomic E-state index is 0.0387. The van der Waals surface area contributed by atoms with Crippen molar-refractivity contribution in [2.24, 2.45) is 0 Å². The van der Waals surface area contributed by atoms with Crippen LogP contribution in [0.1, 0.15) is 15.9 Å². The fourth-order valence-corrected chi connectivity index (χ4v) is 8.33. The highest BCUT2D eigenvalue weighted by Gasteiger charge is 2.56. The van der Waals surface area contributed by atoms with E-state index in [4.69, 9.17) is 51.2 Å². The van der Waals surface area contributed by atoms with E-state index >= 15 is 0 Å². The summed E-state index contributed by atoms with van der Waals surface area (Å²) in [5.41, 5.74) is 6.31. The molecule has 8 N–H and O–H groups in total. The van der Waals surface area contributed by atoms with Crippen LogP contribution in [0, 0.1) is 4.64 Å². The molecule has 0 aromatic carbocycles.